The van der Waals surface area contributed by atoms with E-state index in [1.807, 2.05) is 0 Å². The smallest absolute Gasteiger partial charge is 0.234 e. The molecule has 0 aromatic rings. The fourth-order valence-corrected chi connectivity index (χ4v) is 3.55. The molecule has 116 valence electrons. The van der Waals surface area contributed by atoms with Crippen molar-refractivity contribution in [2.24, 2.45) is 5.92 Å². The van der Waals surface area contributed by atoms with Gasteiger partial charge in [-0.15, -0.1) is 0 Å². The molecule has 1 aliphatic carbocycles. The number of aliphatic hydroxyl groups excluding tert-OH is 1. The van der Waals surface area contributed by atoms with Gasteiger partial charge in [0.15, 0.2) is 0 Å². The highest BCUT2D eigenvalue weighted by atomic mass is 16.3. The van der Waals surface area contributed by atoms with Crippen molar-refractivity contribution in [1.29, 1.82) is 0 Å². The molecule has 0 aromatic heterocycles. The summed E-state index contributed by atoms with van der Waals surface area (Å²) in [6.45, 7) is 6.61. The molecule has 1 saturated heterocycles. The van der Waals surface area contributed by atoms with Crippen molar-refractivity contribution in [3.8, 4) is 0 Å². The third-order valence-electron chi connectivity index (χ3n) is 4.60. The summed E-state index contributed by atoms with van der Waals surface area (Å²) >= 11 is 0. The molecule has 0 radical (unpaired) electrons. The monoisotopic (exact) mass is 283 g/mol. The van der Waals surface area contributed by atoms with E-state index in [0.717, 1.165) is 51.9 Å². The van der Waals surface area contributed by atoms with Crippen LogP contribution in [0.4, 0.5) is 0 Å². The Hall–Kier alpha value is -0.650. The third kappa shape index (κ3) is 4.43. The van der Waals surface area contributed by atoms with Crippen LogP contribution in [-0.2, 0) is 4.79 Å². The molecule has 2 fully saturated rings. The molecule has 1 aliphatic heterocycles. The second kappa shape index (κ2) is 7.38. The number of hydrogen-bond acceptors (Lipinski definition) is 4. The van der Waals surface area contributed by atoms with Crippen molar-refractivity contribution >= 4 is 5.91 Å². The summed E-state index contributed by atoms with van der Waals surface area (Å²) in [6.07, 6.45) is 5.19. The van der Waals surface area contributed by atoms with Crippen molar-refractivity contribution in [2.45, 2.75) is 44.6 Å². The zero-order valence-corrected chi connectivity index (χ0v) is 12.7. The Labute approximate surface area is 122 Å². The van der Waals surface area contributed by atoms with Gasteiger partial charge in [-0.3, -0.25) is 9.69 Å². The number of carbonyl (C=O) groups excluding carboxylic acids is 1. The lowest BCUT2D eigenvalue weighted by Gasteiger charge is -2.39. The van der Waals surface area contributed by atoms with E-state index in [1.165, 1.54) is 6.42 Å². The Morgan fingerprint density at radius 3 is 3.00 bits per heavy atom. The second-order valence-corrected chi connectivity index (χ2v) is 6.57. The number of nitrogens with zero attached hydrogens (tertiary/aromatic N) is 1. The van der Waals surface area contributed by atoms with Crippen molar-refractivity contribution in [2.75, 3.05) is 39.3 Å². The van der Waals surface area contributed by atoms with Crippen LogP contribution in [0.15, 0.2) is 0 Å². The van der Waals surface area contributed by atoms with Crippen molar-refractivity contribution < 1.29 is 9.90 Å². The maximum Gasteiger partial charge on any atom is 0.234 e. The van der Waals surface area contributed by atoms with Gasteiger partial charge in [0.2, 0.25) is 5.91 Å². The zero-order chi connectivity index (χ0) is 14.4. The molecule has 1 heterocycles. The molecule has 0 aromatic carbocycles. The molecule has 1 saturated carbocycles. The molecular weight excluding hydrogens is 254 g/mol. The standard InChI is InChI=1S/C15H29N3O2/c1-13-4-2-5-15(10-13,12-19)17-14(20)11-18-8-3-6-16-7-9-18/h13,16,19H,2-12H2,1H3,(H,17,20). The van der Waals surface area contributed by atoms with Gasteiger partial charge in [-0.25, -0.2) is 0 Å². The maximum atomic E-state index is 12.3. The number of aliphatic hydroxyl groups is 1. The molecule has 2 rings (SSSR count). The largest absolute Gasteiger partial charge is 0.394 e. The highest BCUT2D eigenvalue weighted by molar-refractivity contribution is 5.79. The molecule has 1 amide bonds. The first-order valence-electron chi connectivity index (χ1n) is 7.98. The Kier molecular flexibility index (Phi) is 5.81. The van der Waals surface area contributed by atoms with Crippen molar-refractivity contribution in [1.82, 2.24) is 15.5 Å². The molecule has 2 unspecified atom stereocenters. The summed E-state index contributed by atoms with van der Waals surface area (Å²) in [5, 5.41) is 16.2. The predicted octanol–water partition coefficient (Wildman–Crippen LogP) is 0.339. The van der Waals surface area contributed by atoms with Crippen LogP contribution >= 0.6 is 0 Å². The Morgan fingerprint density at radius 2 is 2.25 bits per heavy atom. The van der Waals surface area contributed by atoms with Crippen LogP contribution < -0.4 is 10.6 Å². The van der Waals surface area contributed by atoms with Gasteiger partial charge >= 0.3 is 0 Å². The number of rotatable bonds is 4. The first kappa shape index (κ1) is 15.7. The van der Waals surface area contributed by atoms with E-state index in [2.05, 4.69) is 22.5 Å². The fourth-order valence-electron chi connectivity index (χ4n) is 3.55. The topological polar surface area (TPSA) is 64.6 Å². The molecule has 2 atom stereocenters. The highest BCUT2D eigenvalue weighted by Gasteiger charge is 2.35. The Balaban J connectivity index is 1.85. The maximum absolute atomic E-state index is 12.3. The average molecular weight is 283 g/mol. The fraction of sp³-hybridized carbons (Fsp3) is 0.933. The Morgan fingerprint density at radius 1 is 1.40 bits per heavy atom. The van der Waals surface area contributed by atoms with Crippen LogP contribution in [0.25, 0.3) is 0 Å². The van der Waals surface area contributed by atoms with E-state index < -0.39 is 0 Å². The van der Waals surface area contributed by atoms with Crippen LogP contribution in [0.5, 0.6) is 0 Å². The number of hydrogen-bond donors (Lipinski definition) is 3. The number of amides is 1. The molecular formula is C15H29N3O2. The van der Waals surface area contributed by atoms with Crippen LogP contribution in [0.2, 0.25) is 0 Å². The minimum Gasteiger partial charge on any atom is -0.394 e. The molecule has 2 aliphatic rings. The van der Waals surface area contributed by atoms with Gasteiger partial charge < -0.3 is 15.7 Å². The Bertz CT molecular complexity index is 316. The van der Waals surface area contributed by atoms with E-state index in [9.17, 15) is 9.90 Å². The number of nitrogens with one attached hydrogen (secondary N) is 2. The van der Waals surface area contributed by atoms with Crippen molar-refractivity contribution in [3.63, 3.8) is 0 Å². The summed E-state index contributed by atoms with van der Waals surface area (Å²) in [7, 11) is 0. The minimum absolute atomic E-state index is 0.0602. The second-order valence-electron chi connectivity index (χ2n) is 6.57. The van der Waals surface area contributed by atoms with Gasteiger partial charge in [0.05, 0.1) is 18.7 Å². The van der Waals surface area contributed by atoms with E-state index in [1.54, 1.807) is 0 Å². The lowest BCUT2D eigenvalue weighted by atomic mass is 9.77. The SMILES string of the molecule is CC1CCCC(CO)(NC(=O)CN2CCCNCC2)C1. The third-order valence-corrected chi connectivity index (χ3v) is 4.60. The summed E-state index contributed by atoms with van der Waals surface area (Å²) < 4.78 is 0. The molecule has 5 nitrogen and oxygen atoms in total. The summed E-state index contributed by atoms with van der Waals surface area (Å²) in [4.78, 5) is 14.5. The molecule has 20 heavy (non-hydrogen) atoms. The van der Waals surface area contributed by atoms with Gasteiger partial charge in [0, 0.05) is 13.1 Å². The molecule has 5 heteroatoms. The van der Waals surface area contributed by atoms with Gasteiger partial charge in [-0.2, -0.15) is 0 Å². The lowest BCUT2D eigenvalue weighted by molar-refractivity contribution is -0.125. The van der Waals surface area contributed by atoms with E-state index in [0.29, 0.717) is 12.5 Å². The average Bonchev–Trinajstić information content (AvgIpc) is 2.67. The first-order valence-corrected chi connectivity index (χ1v) is 7.98. The lowest BCUT2D eigenvalue weighted by Crippen LogP contribution is -2.56. The zero-order valence-electron chi connectivity index (χ0n) is 12.7. The normalized spacial score (nSPS) is 32.6. The summed E-state index contributed by atoms with van der Waals surface area (Å²) in [6, 6.07) is 0. The van der Waals surface area contributed by atoms with Gasteiger partial charge in [-0.05, 0) is 38.3 Å². The number of carbonyl (C=O) groups is 1. The van der Waals surface area contributed by atoms with Gasteiger partial charge in [0.1, 0.15) is 0 Å². The van der Waals surface area contributed by atoms with E-state index >= 15 is 0 Å². The summed E-state index contributed by atoms with van der Waals surface area (Å²) in [5.74, 6) is 0.647. The first-order chi connectivity index (χ1) is 9.63. The molecule has 0 bridgehead atoms. The van der Waals surface area contributed by atoms with Crippen LogP contribution in [-0.4, -0.2) is 60.8 Å². The highest BCUT2D eigenvalue weighted by Crippen LogP contribution is 2.31. The summed E-state index contributed by atoms with van der Waals surface area (Å²) in [5.41, 5.74) is -0.376. The van der Waals surface area contributed by atoms with E-state index in [-0.39, 0.29) is 18.1 Å². The van der Waals surface area contributed by atoms with E-state index in [4.69, 9.17) is 0 Å². The van der Waals surface area contributed by atoms with Crippen LogP contribution in [0, 0.1) is 5.92 Å². The van der Waals surface area contributed by atoms with Crippen LogP contribution in [0.1, 0.15) is 39.0 Å². The minimum atomic E-state index is -0.376. The molecule has 3 N–H and O–H groups in total. The quantitative estimate of drug-likeness (QED) is 0.696. The van der Waals surface area contributed by atoms with Crippen molar-refractivity contribution in [3.05, 3.63) is 0 Å². The van der Waals surface area contributed by atoms with Gasteiger partial charge in [-0.1, -0.05) is 19.8 Å². The van der Waals surface area contributed by atoms with Crippen LogP contribution in [0.3, 0.4) is 0 Å². The predicted molar refractivity (Wildman–Crippen MR) is 79.5 cm³/mol. The molecule has 0 spiro atoms. The van der Waals surface area contributed by atoms with Gasteiger partial charge in [0.25, 0.3) is 0 Å².